The highest BCUT2D eigenvalue weighted by atomic mass is 16.6. The molecule has 1 aliphatic heterocycles. The van der Waals surface area contributed by atoms with Gasteiger partial charge in [-0.15, -0.1) is 0 Å². The van der Waals surface area contributed by atoms with Gasteiger partial charge in [-0.25, -0.2) is 0 Å². The van der Waals surface area contributed by atoms with Crippen LogP contribution in [-0.4, -0.2) is 34.6 Å². The number of methoxy groups -OCH3 is 1. The van der Waals surface area contributed by atoms with Gasteiger partial charge in [0.05, 0.1) is 5.60 Å². The fourth-order valence-corrected chi connectivity index (χ4v) is 8.32. The summed E-state index contributed by atoms with van der Waals surface area (Å²) in [4.78, 5) is 0. The van der Waals surface area contributed by atoms with E-state index in [0.717, 1.165) is 19.3 Å². The molecule has 6 aliphatic rings. The number of allylic oxidation sites excluding steroid dienone is 1. The standard InChI is InChI=1S/C26H34O4/c1-22(2,3)23(4,28)18-14-24-11-12-26(18,29-5)21-25(24)10-6-7-16(24)13-15-8-9-17(27)20(30-21)19(15)25/h8-9,11-12,16,18,21,27-28H,6-7,10,13-14H2,1-5H3/t16-,18-,21-,23?,24-,25+,26-/m1/s1. The van der Waals surface area contributed by atoms with Crippen molar-refractivity contribution < 1.29 is 19.7 Å². The fourth-order valence-electron chi connectivity index (χ4n) is 8.32. The molecule has 4 heteroatoms. The number of rotatable bonds is 2. The molecule has 1 aromatic carbocycles. The molecule has 30 heavy (non-hydrogen) atoms. The molecule has 2 fully saturated rings. The molecule has 0 saturated heterocycles. The zero-order valence-electron chi connectivity index (χ0n) is 18.8. The predicted octanol–water partition coefficient (Wildman–Crippen LogP) is 4.51. The molecular formula is C26H34O4. The molecule has 0 aromatic heterocycles. The van der Waals surface area contributed by atoms with E-state index < -0.39 is 11.2 Å². The molecule has 2 spiro atoms. The van der Waals surface area contributed by atoms with Gasteiger partial charge in [-0.3, -0.25) is 0 Å². The van der Waals surface area contributed by atoms with Crippen molar-refractivity contribution in [3.63, 3.8) is 0 Å². The Morgan fingerprint density at radius 1 is 1.17 bits per heavy atom. The number of benzene rings is 1. The molecule has 0 amide bonds. The minimum atomic E-state index is -0.933. The van der Waals surface area contributed by atoms with Crippen LogP contribution in [0.3, 0.4) is 0 Å². The van der Waals surface area contributed by atoms with Crippen LogP contribution in [0, 0.1) is 22.7 Å². The van der Waals surface area contributed by atoms with Crippen LogP contribution in [0.2, 0.25) is 0 Å². The highest BCUT2D eigenvalue weighted by molar-refractivity contribution is 5.64. The molecule has 7 atom stereocenters. The number of aromatic hydroxyl groups is 1. The molecular weight excluding hydrogens is 376 g/mol. The number of ether oxygens (including phenoxy) is 2. The Bertz CT molecular complexity index is 972. The van der Waals surface area contributed by atoms with E-state index in [2.05, 4.69) is 39.0 Å². The van der Waals surface area contributed by atoms with Crippen LogP contribution in [0.1, 0.15) is 64.5 Å². The summed E-state index contributed by atoms with van der Waals surface area (Å²) >= 11 is 0. The summed E-state index contributed by atoms with van der Waals surface area (Å²) in [5.74, 6) is 1.35. The van der Waals surface area contributed by atoms with E-state index in [9.17, 15) is 10.2 Å². The van der Waals surface area contributed by atoms with Gasteiger partial charge in [-0.2, -0.15) is 0 Å². The van der Waals surface area contributed by atoms with Crippen LogP contribution in [0.25, 0.3) is 0 Å². The predicted molar refractivity (Wildman–Crippen MR) is 115 cm³/mol. The summed E-state index contributed by atoms with van der Waals surface area (Å²) in [6.45, 7) is 8.34. The minimum absolute atomic E-state index is 0.0534. The molecule has 1 aromatic rings. The summed E-state index contributed by atoms with van der Waals surface area (Å²) in [5, 5.41) is 22.7. The zero-order chi connectivity index (χ0) is 21.3. The second-order valence-corrected chi connectivity index (χ2v) is 11.8. The molecule has 1 unspecified atom stereocenters. The first kappa shape index (κ1) is 19.2. The lowest BCUT2D eigenvalue weighted by Crippen LogP contribution is -2.78. The molecule has 5 aliphatic carbocycles. The van der Waals surface area contributed by atoms with Gasteiger partial charge in [-0.1, -0.05) is 45.4 Å². The van der Waals surface area contributed by atoms with Gasteiger partial charge in [0.15, 0.2) is 11.5 Å². The van der Waals surface area contributed by atoms with Crippen LogP contribution in [0.5, 0.6) is 11.5 Å². The minimum Gasteiger partial charge on any atom is -0.504 e. The van der Waals surface area contributed by atoms with E-state index in [1.54, 1.807) is 13.2 Å². The number of fused-ring (bicyclic) bond motifs is 1. The highest BCUT2D eigenvalue weighted by Crippen LogP contribution is 2.77. The molecule has 4 nitrogen and oxygen atoms in total. The SMILES string of the molecule is CO[C@]12C=C[C@@]3(C[C@@H]1C(C)(O)C(C)(C)C)[C@@H]1CCC[C@@]34c3c(ccc(O)c3O[C@@H]24)C1. The molecule has 4 bridgehead atoms. The van der Waals surface area contributed by atoms with E-state index in [1.807, 2.05) is 6.92 Å². The molecule has 7 rings (SSSR count). The Kier molecular flexibility index (Phi) is 3.37. The van der Waals surface area contributed by atoms with E-state index in [4.69, 9.17) is 9.47 Å². The third-order valence-corrected chi connectivity index (χ3v) is 10.2. The van der Waals surface area contributed by atoms with Crippen LogP contribution >= 0.6 is 0 Å². The van der Waals surface area contributed by atoms with Crippen molar-refractivity contribution in [2.75, 3.05) is 7.11 Å². The van der Waals surface area contributed by atoms with E-state index in [0.29, 0.717) is 11.7 Å². The van der Waals surface area contributed by atoms with Crippen LogP contribution in [-0.2, 0) is 16.6 Å². The first-order chi connectivity index (χ1) is 14.1. The van der Waals surface area contributed by atoms with Crippen molar-refractivity contribution >= 4 is 0 Å². The topological polar surface area (TPSA) is 58.9 Å². The maximum Gasteiger partial charge on any atom is 0.165 e. The Labute approximate surface area is 179 Å². The molecule has 2 N–H and O–H groups in total. The number of phenols is 1. The van der Waals surface area contributed by atoms with Crippen molar-refractivity contribution in [1.82, 2.24) is 0 Å². The van der Waals surface area contributed by atoms with Gasteiger partial charge in [-0.05, 0) is 55.6 Å². The molecule has 2 saturated carbocycles. The highest BCUT2D eigenvalue weighted by Gasteiger charge is 2.80. The molecule has 1 heterocycles. The Morgan fingerprint density at radius 2 is 1.93 bits per heavy atom. The first-order valence-electron chi connectivity index (χ1n) is 11.5. The zero-order valence-corrected chi connectivity index (χ0v) is 18.8. The van der Waals surface area contributed by atoms with Gasteiger partial charge in [0, 0.05) is 29.4 Å². The van der Waals surface area contributed by atoms with Crippen molar-refractivity contribution in [2.24, 2.45) is 22.7 Å². The second kappa shape index (κ2) is 5.27. The van der Waals surface area contributed by atoms with Crippen molar-refractivity contribution in [3.8, 4) is 11.5 Å². The fraction of sp³-hybridized carbons (Fsp3) is 0.692. The third-order valence-electron chi connectivity index (χ3n) is 10.2. The summed E-state index contributed by atoms with van der Waals surface area (Å²) in [5.41, 5.74) is 0.392. The largest absolute Gasteiger partial charge is 0.504 e. The Morgan fingerprint density at radius 3 is 2.63 bits per heavy atom. The van der Waals surface area contributed by atoms with Gasteiger partial charge < -0.3 is 19.7 Å². The lowest BCUT2D eigenvalue weighted by molar-refractivity contribution is -0.259. The lowest BCUT2D eigenvalue weighted by atomic mass is 9.33. The summed E-state index contributed by atoms with van der Waals surface area (Å²) < 4.78 is 13.1. The smallest absolute Gasteiger partial charge is 0.165 e. The molecule has 162 valence electrons. The third kappa shape index (κ3) is 1.74. The lowest BCUT2D eigenvalue weighted by Gasteiger charge is -2.71. The van der Waals surface area contributed by atoms with E-state index in [1.165, 1.54) is 24.0 Å². The maximum absolute atomic E-state index is 12.0. The average Bonchev–Trinajstić information content (AvgIpc) is 3.05. The van der Waals surface area contributed by atoms with Crippen LogP contribution < -0.4 is 4.74 Å². The van der Waals surface area contributed by atoms with Gasteiger partial charge in [0.2, 0.25) is 0 Å². The van der Waals surface area contributed by atoms with Crippen molar-refractivity contribution in [2.45, 2.75) is 82.5 Å². The van der Waals surface area contributed by atoms with Crippen LogP contribution in [0.15, 0.2) is 24.3 Å². The van der Waals surface area contributed by atoms with Crippen LogP contribution in [0.4, 0.5) is 0 Å². The van der Waals surface area contributed by atoms with E-state index >= 15 is 0 Å². The number of aliphatic hydroxyl groups is 1. The first-order valence-corrected chi connectivity index (χ1v) is 11.5. The maximum atomic E-state index is 12.0. The van der Waals surface area contributed by atoms with Crippen molar-refractivity contribution in [1.29, 1.82) is 0 Å². The normalized spacial score (nSPS) is 44.4. The quantitative estimate of drug-likeness (QED) is 0.705. The van der Waals surface area contributed by atoms with Crippen molar-refractivity contribution in [3.05, 3.63) is 35.4 Å². The summed E-state index contributed by atoms with van der Waals surface area (Å²) in [7, 11) is 1.77. The van der Waals surface area contributed by atoms with Gasteiger partial charge in [0.1, 0.15) is 11.7 Å². The number of hydrogen-bond acceptors (Lipinski definition) is 4. The summed E-state index contributed by atoms with van der Waals surface area (Å²) in [6, 6.07) is 3.91. The second-order valence-electron chi connectivity index (χ2n) is 11.8. The Balaban J connectivity index is 1.67. The summed E-state index contributed by atoms with van der Waals surface area (Å²) in [6.07, 6.45) is 9.81. The number of phenolic OH excluding ortho intramolecular Hbond substituents is 1. The number of hydrogen-bond donors (Lipinski definition) is 2. The average molecular weight is 411 g/mol. The monoisotopic (exact) mass is 410 g/mol. The van der Waals surface area contributed by atoms with E-state index in [-0.39, 0.29) is 34.0 Å². The van der Waals surface area contributed by atoms with Gasteiger partial charge in [0.25, 0.3) is 0 Å². The van der Waals surface area contributed by atoms with Gasteiger partial charge >= 0.3 is 0 Å². The molecule has 0 radical (unpaired) electrons. The Hall–Kier alpha value is -1.52.